The molecule has 0 unspecified atom stereocenters. The average Bonchev–Trinajstić information content (AvgIpc) is 2.70. The normalized spacial score (nSPS) is 19.2. The summed E-state index contributed by atoms with van der Waals surface area (Å²) in [5, 5.41) is 2.98. The van der Waals surface area contributed by atoms with E-state index >= 15 is 0 Å². The van der Waals surface area contributed by atoms with Crippen LogP contribution in [0, 0.1) is 0 Å². The average molecular weight is 147 g/mol. The van der Waals surface area contributed by atoms with Crippen molar-refractivity contribution in [3.63, 3.8) is 0 Å². The largest absolute Gasteiger partial charge is 0.314 e. The van der Waals surface area contributed by atoms with Crippen molar-refractivity contribution in [2.45, 2.75) is 39.3 Å². The molecule has 0 heterocycles. The van der Waals surface area contributed by atoms with Crippen LogP contribution in [0.15, 0.2) is 0 Å². The fraction of sp³-hybridized carbons (Fsp3) is 1.00. The highest BCUT2D eigenvalue weighted by molar-refractivity contribution is 4.95. The van der Waals surface area contributed by atoms with Crippen molar-refractivity contribution in [3.8, 4) is 0 Å². The van der Waals surface area contributed by atoms with E-state index in [1.165, 1.54) is 0 Å². The molecule has 0 aliphatic heterocycles. The summed E-state index contributed by atoms with van der Waals surface area (Å²) >= 11 is 0. The predicted molar refractivity (Wildman–Crippen MR) is 43.0 cm³/mol. The van der Waals surface area contributed by atoms with E-state index in [-0.39, 0.29) is 0 Å². The summed E-state index contributed by atoms with van der Waals surface area (Å²) < 4.78 is 12.6. The van der Waals surface area contributed by atoms with Gasteiger partial charge in [-0.3, -0.25) is 0 Å². The lowest BCUT2D eigenvalue weighted by molar-refractivity contribution is 0.298. The van der Waals surface area contributed by atoms with Crippen LogP contribution >= 0.6 is 0 Å². The minimum Gasteiger partial charge on any atom is -0.314 e. The zero-order valence-corrected chi connectivity index (χ0v) is 7.21. The van der Waals surface area contributed by atoms with E-state index in [0.717, 1.165) is 19.4 Å². The Balaban J connectivity index is 0.000000371. The molecule has 0 saturated heterocycles. The number of nitrogens with one attached hydrogen (secondary N) is 1. The van der Waals surface area contributed by atoms with E-state index in [0.29, 0.717) is 6.54 Å². The lowest BCUT2D eigenvalue weighted by Crippen LogP contribution is -2.24. The summed E-state index contributed by atoms with van der Waals surface area (Å²) in [5.74, 6) is 0. The highest BCUT2D eigenvalue weighted by atomic mass is 19.1. The molecule has 0 aromatic carbocycles. The summed E-state index contributed by atoms with van der Waals surface area (Å²) in [6, 6.07) is 0. The SMILES string of the molecule is CC.CCNCC1(F)CC1. The Morgan fingerprint density at radius 3 is 2.20 bits per heavy atom. The molecule has 62 valence electrons. The van der Waals surface area contributed by atoms with Gasteiger partial charge in [0.15, 0.2) is 0 Å². The van der Waals surface area contributed by atoms with E-state index in [4.69, 9.17) is 0 Å². The molecule has 1 rings (SSSR count). The first-order valence-corrected chi connectivity index (χ1v) is 4.16. The molecular formula is C8H18FN. The van der Waals surface area contributed by atoms with E-state index in [1.54, 1.807) is 0 Å². The molecule has 0 amide bonds. The minimum atomic E-state index is -0.810. The van der Waals surface area contributed by atoms with Crippen molar-refractivity contribution in [2.75, 3.05) is 13.1 Å². The molecule has 2 heteroatoms. The predicted octanol–water partition coefficient (Wildman–Crippen LogP) is 2.12. The minimum absolute atomic E-state index is 0.559. The van der Waals surface area contributed by atoms with Gasteiger partial charge in [-0.25, -0.2) is 4.39 Å². The zero-order chi connectivity index (χ0) is 8.04. The van der Waals surface area contributed by atoms with E-state index < -0.39 is 5.67 Å². The van der Waals surface area contributed by atoms with Crippen molar-refractivity contribution in [1.29, 1.82) is 0 Å². The lowest BCUT2D eigenvalue weighted by atomic mass is 10.4. The maximum atomic E-state index is 12.6. The van der Waals surface area contributed by atoms with Crippen molar-refractivity contribution >= 4 is 0 Å². The Bertz CT molecular complexity index is 79.3. The van der Waals surface area contributed by atoms with Crippen LogP contribution in [0.25, 0.3) is 0 Å². The smallest absolute Gasteiger partial charge is 0.123 e. The molecule has 0 atom stereocenters. The van der Waals surface area contributed by atoms with Crippen LogP contribution in [0.2, 0.25) is 0 Å². The van der Waals surface area contributed by atoms with Crippen LogP contribution in [0.1, 0.15) is 33.6 Å². The molecule has 0 spiro atoms. The van der Waals surface area contributed by atoms with Crippen LogP contribution in [0.5, 0.6) is 0 Å². The Hall–Kier alpha value is -0.110. The second kappa shape index (κ2) is 4.67. The Morgan fingerprint density at radius 2 is 1.90 bits per heavy atom. The van der Waals surface area contributed by atoms with Crippen molar-refractivity contribution in [2.24, 2.45) is 0 Å². The van der Waals surface area contributed by atoms with Gasteiger partial charge in [-0.1, -0.05) is 20.8 Å². The topological polar surface area (TPSA) is 12.0 Å². The number of rotatable bonds is 3. The summed E-state index contributed by atoms with van der Waals surface area (Å²) in [5.41, 5.74) is -0.810. The van der Waals surface area contributed by atoms with Gasteiger partial charge in [0.05, 0.1) is 0 Å². The molecule has 1 aliphatic carbocycles. The molecule has 10 heavy (non-hydrogen) atoms. The molecule has 1 aliphatic rings. The van der Waals surface area contributed by atoms with Crippen LogP contribution in [0.4, 0.5) is 4.39 Å². The molecule has 0 radical (unpaired) electrons. The Labute approximate surface area is 63.0 Å². The van der Waals surface area contributed by atoms with Crippen LogP contribution in [-0.4, -0.2) is 18.8 Å². The molecule has 1 fully saturated rings. The van der Waals surface area contributed by atoms with E-state index in [2.05, 4.69) is 5.32 Å². The van der Waals surface area contributed by atoms with Crippen LogP contribution in [0.3, 0.4) is 0 Å². The number of hydrogen-bond acceptors (Lipinski definition) is 1. The maximum absolute atomic E-state index is 12.6. The van der Waals surface area contributed by atoms with Gasteiger partial charge in [-0.05, 0) is 19.4 Å². The highest BCUT2D eigenvalue weighted by Crippen LogP contribution is 2.38. The molecule has 1 nitrogen and oxygen atoms in total. The van der Waals surface area contributed by atoms with Crippen LogP contribution in [-0.2, 0) is 0 Å². The van der Waals surface area contributed by atoms with E-state index in [1.807, 2.05) is 20.8 Å². The molecule has 0 bridgehead atoms. The van der Waals surface area contributed by atoms with Crippen molar-refractivity contribution in [1.82, 2.24) is 5.32 Å². The Morgan fingerprint density at radius 1 is 1.40 bits per heavy atom. The summed E-state index contributed by atoms with van der Waals surface area (Å²) in [6.07, 6.45) is 1.53. The third kappa shape index (κ3) is 3.83. The van der Waals surface area contributed by atoms with Gasteiger partial charge >= 0.3 is 0 Å². The molecule has 0 aromatic heterocycles. The number of hydrogen-bond donors (Lipinski definition) is 1. The summed E-state index contributed by atoms with van der Waals surface area (Å²) in [6.45, 7) is 7.43. The monoisotopic (exact) mass is 147 g/mol. The van der Waals surface area contributed by atoms with Crippen molar-refractivity contribution in [3.05, 3.63) is 0 Å². The van der Waals surface area contributed by atoms with Gasteiger partial charge in [-0.15, -0.1) is 0 Å². The Kier molecular flexibility index (Phi) is 4.62. The van der Waals surface area contributed by atoms with Gasteiger partial charge in [-0.2, -0.15) is 0 Å². The first kappa shape index (κ1) is 9.89. The second-order valence-corrected chi connectivity index (χ2v) is 2.43. The molecule has 1 N–H and O–H groups in total. The molecular weight excluding hydrogens is 129 g/mol. The first-order valence-electron chi connectivity index (χ1n) is 4.16. The molecule has 0 aromatic rings. The zero-order valence-electron chi connectivity index (χ0n) is 7.21. The number of alkyl halides is 1. The van der Waals surface area contributed by atoms with E-state index in [9.17, 15) is 4.39 Å². The third-order valence-corrected chi connectivity index (χ3v) is 1.48. The van der Waals surface area contributed by atoms with Crippen LogP contribution < -0.4 is 5.32 Å². The second-order valence-electron chi connectivity index (χ2n) is 2.43. The first-order chi connectivity index (χ1) is 4.77. The quantitative estimate of drug-likeness (QED) is 0.644. The van der Waals surface area contributed by atoms with Gasteiger partial charge < -0.3 is 5.32 Å². The maximum Gasteiger partial charge on any atom is 0.123 e. The highest BCUT2D eigenvalue weighted by Gasteiger charge is 2.42. The van der Waals surface area contributed by atoms with Crippen molar-refractivity contribution < 1.29 is 4.39 Å². The summed E-state index contributed by atoms with van der Waals surface area (Å²) in [4.78, 5) is 0. The molecule has 1 saturated carbocycles. The van der Waals surface area contributed by atoms with Gasteiger partial charge in [0.2, 0.25) is 0 Å². The lowest BCUT2D eigenvalue weighted by Gasteiger charge is -2.02. The number of halogens is 1. The van der Waals surface area contributed by atoms with Gasteiger partial charge in [0.25, 0.3) is 0 Å². The van der Waals surface area contributed by atoms with Gasteiger partial charge in [0.1, 0.15) is 5.67 Å². The summed E-state index contributed by atoms with van der Waals surface area (Å²) in [7, 11) is 0. The third-order valence-electron chi connectivity index (χ3n) is 1.48. The fourth-order valence-electron chi connectivity index (χ4n) is 0.661. The standard InChI is InChI=1S/C6H12FN.C2H6/c1-2-8-5-6(7)3-4-6;1-2/h8H,2-5H2,1H3;1-2H3. The fourth-order valence-corrected chi connectivity index (χ4v) is 0.661. The van der Waals surface area contributed by atoms with Gasteiger partial charge in [0, 0.05) is 6.54 Å².